The second-order valence-corrected chi connectivity index (χ2v) is 6.31. The number of hydrogen-bond donors (Lipinski definition) is 1. The first-order valence-corrected chi connectivity index (χ1v) is 8.89. The van der Waals surface area contributed by atoms with Gasteiger partial charge in [-0.15, -0.1) is 0 Å². The molecule has 28 heavy (non-hydrogen) atoms. The molecule has 0 saturated carbocycles. The normalized spacial score (nSPS) is 10.2. The maximum Gasteiger partial charge on any atom is 0.349 e. The van der Waals surface area contributed by atoms with Gasteiger partial charge in [-0.05, 0) is 67.4 Å². The summed E-state index contributed by atoms with van der Waals surface area (Å²) in [6.07, 6.45) is 0. The maximum absolute atomic E-state index is 12.2. The minimum absolute atomic E-state index is 0.194. The van der Waals surface area contributed by atoms with Crippen molar-refractivity contribution in [3.05, 3.63) is 89.5 Å². The summed E-state index contributed by atoms with van der Waals surface area (Å²) >= 11 is 0. The van der Waals surface area contributed by atoms with Crippen molar-refractivity contribution in [2.45, 2.75) is 13.8 Å². The van der Waals surface area contributed by atoms with Crippen LogP contribution in [0.25, 0.3) is 0 Å². The summed E-state index contributed by atoms with van der Waals surface area (Å²) < 4.78 is 10.8. The van der Waals surface area contributed by atoms with E-state index in [1.807, 2.05) is 62.4 Å². The van der Waals surface area contributed by atoms with E-state index >= 15 is 0 Å². The summed E-state index contributed by atoms with van der Waals surface area (Å²) in [5, 5.41) is 2.80. The topological polar surface area (TPSA) is 64.6 Å². The van der Waals surface area contributed by atoms with Gasteiger partial charge < -0.3 is 14.8 Å². The van der Waals surface area contributed by atoms with Crippen LogP contribution >= 0.6 is 0 Å². The number of benzene rings is 3. The first-order chi connectivity index (χ1) is 13.5. The van der Waals surface area contributed by atoms with Crippen molar-refractivity contribution in [1.82, 2.24) is 0 Å². The summed E-state index contributed by atoms with van der Waals surface area (Å²) in [6, 6.07) is 21.2. The fourth-order valence-corrected chi connectivity index (χ4v) is 2.58. The van der Waals surface area contributed by atoms with Crippen LogP contribution in [0.5, 0.6) is 11.5 Å². The molecule has 3 aromatic carbocycles. The highest BCUT2D eigenvalue weighted by Gasteiger charge is 2.10. The molecule has 0 fully saturated rings. The second kappa shape index (κ2) is 8.86. The molecule has 1 amide bonds. The van der Waals surface area contributed by atoms with Gasteiger partial charge in [0.05, 0.1) is 0 Å². The SMILES string of the molecule is Cc1cccc(OCC(=O)Oc2ccc(C(=O)Nc3ccccc3)cc2)c1C. The second-order valence-electron chi connectivity index (χ2n) is 6.31. The number of anilines is 1. The van der Waals surface area contributed by atoms with Crippen molar-refractivity contribution in [3.8, 4) is 11.5 Å². The molecule has 3 aromatic rings. The lowest BCUT2D eigenvalue weighted by atomic mass is 10.1. The molecular weight excluding hydrogens is 354 g/mol. The predicted octanol–water partition coefficient (Wildman–Crippen LogP) is 4.54. The van der Waals surface area contributed by atoms with Crippen LogP contribution in [0, 0.1) is 13.8 Å². The first kappa shape index (κ1) is 19.2. The standard InChI is InChI=1S/C23H21NO4/c1-16-7-6-10-21(17(16)2)27-15-22(25)28-20-13-11-18(12-14-20)23(26)24-19-8-4-3-5-9-19/h3-14H,15H2,1-2H3,(H,24,26). The molecule has 0 aliphatic carbocycles. The van der Waals surface area contributed by atoms with Crippen molar-refractivity contribution in [1.29, 1.82) is 0 Å². The third-order valence-corrected chi connectivity index (χ3v) is 4.28. The lowest BCUT2D eigenvalue weighted by Crippen LogP contribution is -2.18. The Kier molecular flexibility index (Phi) is 6.07. The number of esters is 1. The molecule has 0 atom stereocenters. The lowest BCUT2D eigenvalue weighted by molar-refractivity contribution is -0.136. The molecule has 142 valence electrons. The summed E-state index contributed by atoms with van der Waals surface area (Å²) in [4.78, 5) is 24.2. The number of carbonyl (C=O) groups excluding carboxylic acids is 2. The van der Waals surface area contributed by atoms with E-state index in [1.165, 1.54) is 0 Å². The third kappa shape index (κ3) is 4.98. The molecule has 5 nitrogen and oxygen atoms in total. The number of ether oxygens (including phenoxy) is 2. The summed E-state index contributed by atoms with van der Waals surface area (Å²) in [5.74, 6) is 0.264. The van der Waals surface area contributed by atoms with E-state index < -0.39 is 5.97 Å². The van der Waals surface area contributed by atoms with Crippen LogP contribution in [0.4, 0.5) is 5.69 Å². The quantitative estimate of drug-likeness (QED) is 0.507. The highest BCUT2D eigenvalue weighted by Crippen LogP contribution is 2.20. The average Bonchev–Trinajstić information content (AvgIpc) is 2.70. The molecule has 0 heterocycles. The molecule has 0 bridgehead atoms. The van der Waals surface area contributed by atoms with Crippen LogP contribution in [0.15, 0.2) is 72.8 Å². The van der Waals surface area contributed by atoms with Crippen LogP contribution in [-0.4, -0.2) is 18.5 Å². The zero-order chi connectivity index (χ0) is 19.9. The van der Waals surface area contributed by atoms with Gasteiger partial charge in [0.25, 0.3) is 5.91 Å². The van der Waals surface area contributed by atoms with Gasteiger partial charge in [-0.1, -0.05) is 30.3 Å². The molecule has 0 aliphatic rings. The van der Waals surface area contributed by atoms with E-state index in [0.29, 0.717) is 22.7 Å². The predicted molar refractivity (Wildman–Crippen MR) is 108 cm³/mol. The Morgan fingerprint density at radius 1 is 0.857 bits per heavy atom. The highest BCUT2D eigenvalue weighted by atomic mass is 16.6. The van der Waals surface area contributed by atoms with Crippen molar-refractivity contribution in [3.63, 3.8) is 0 Å². The summed E-state index contributed by atoms with van der Waals surface area (Å²) in [7, 11) is 0. The average molecular weight is 375 g/mol. The Balaban J connectivity index is 1.54. The van der Waals surface area contributed by atoms with E-state index in [1.54, 1.807) is 24.3 Å². The number of aryl methyl sites for hydroxylation is 1. The Morgan fingerprint density at radius 2 is 1.57 bits per heavy atom. The number of carbonyl (C=O) groups is 2. The molecular formula is C23H21NO4. The highest BCUT2D eigenvalue weighted by molar-refractivity contribution is 6.04. The monoisotopic (exact) mass is 375 g/mol. The van der Waals surface area contributed by atoms with Crippen LogP contribution in [-0.2, 0) is 4.79 Å². The van der Waals surface area contributed by atoms with E-state index in [2.05, 4.69) is 5.32 Å². The largest absolute Gasteiger partial charge is 0.482 e. The molecule has 0 radical (unpaired) electrons. The van der Waals surface area contributed by atoms with Gasteiger partial charge in [0.1, 0.15) is 11.5 Å². The Labute approximate surface area is 163 Å². The van der Waals surface area contributed by atoms with Crippen LogP contribution < -0.4 is 14.8 Å². The van der Waals surface area contributed by atoms with Crippen molar-refractivity contribution in [2.75, 3.05) is 11.9 Å². The van der Waals surface area contributed by atoms with E-state index in [0.717, 1.165) is 11.1 Å². The molecule has 0 saturated heterocycles. The van der Waals surface area contributed by atoms with Gasteiger partial charge in [-0.2, -0.15) is 0 Å². The Morgan fingerprint density at radius 3 is 2.29 bits per heavy atom. The van der Waals surface area contributed by atoms with Gasteiger partial charge in [-0.3, -0.25) is 4.79 Å². The van der Waals surface area contributed by atoms with Gasteiger partial charge in [-0.25, -0.2) is 4.79 Å². The summed E-state index contributed by atoms with van der Waals surface area (Å²) in [5.41, 5.74) is 3.26. The van der Waals surface area contributed by atoms with Crippen molar-refractivity contribution >= 4 is 17.6 Å². The van der Waals surface area contributed by atoms with E-state index in [4.69, 9.17) is 9.47 Å². The van der Waals surface area contributed by atoms with Gasteiger partial charge >= 0.3 is 5.97 Å². The Hall–Kier alpha value is -3.60. The fourth-order valence-electron chi connectivity index (χ4n) is 2.58. The molecule has 0 spiro atoms. The number of rotatable bonds is 6. The smallest absolute Gasteiger partial charge is 0.349 e. The number of nitrogens with one attached hydrogen (secondary N) is 1. The molecule has 1 N–H and O–H groups in total. The van der Waals surface area contributed by atoms with Crippen molar-refractivity contribution in [2.24, 2.45) is 0 Å². The van der Waals surface area contributed by atoms with Gasteiger partial charge in [0.2, 0.25) is 0 Å². The molecule has 0 unspecified atom stereocenters. The number of amides is 1. The Bertz CT molecular complexity index is 966. The summed E-state index contributed by atoms with van der Waals surface area (Å²) in [6.45, 7) is 3.73. The maximum atomic E-state index is 12.2. The zero-order valence-corrected chi connectivity index (χ0v) is 15.8. The minimum Gasteiger partial charge on any atom is -0.482 e. The van der Waals surface area contributed by atoms with E-state index in [9.17, 15) is 9.59 Å². The number of para-hydroxylation sites is 1. The fraction of sp³-hybridized carbons (Fsp3) is 0.130. The third-order valence-electron chi connectivity index (χ3n) is 4.28. The van der Waals surface area contributed by atoms with Gasteiger partial charge in [0, 0.05) is 11.3 Å². The molecule has 3 rings (SSSR count). The zero-order valence-electron chi connectivity index (χ0n) is 15.8. The first-order valence-electron chi connectivity index (χ1n) is 8.89. The van der Waals surface area contributed by atoms with Crippen LogP contribution in [0.3, 0.4) is 0 Å². The van der Waals surface area contributed by atoms with Crippen LogP contribution in [0.1, 0.15) is 21.5 Å². The van der Waals surface area contributed by atoms with E-state index in [-0.39, 0.29) is 12.5 Å². The lowest BCUT2D eigenvalue weighted by Gasteiger charge is -2.11. The molecule has 5 heteroatoms. The van der Waals surface area contributed by atoms with Crippen LogP contribution in [0.2, 0.25) is 0 Å². The number of hydrogen-bond acceptors (Lipinski definition) is 4. The minimum atomic E-state index is -0.512. The van der Waals surface area contributed by atoms with Gasteiger partial charge in [0.15, 0.2) is 6.61 Å². The molecule has 0 aromatic heterocycles. The van der Waals surface area contributed by atoms with Crippen molar-refractivity contribution < 1.29 is 19.1 Å². The molecule has 0 aliphatic heterocycles.